The highest BCUT2D eigenvalue weighted by molar-refractivity contribution is 5.92. The van der Waals surface area contributed by atoms with Gasteiger partial charge in [-0.15, -0.1) is 5.10 Å². The number of nitrogens with zero attached hydrogens (tertiary/aromatic N) is 4. The molecule has 1 N–H and O–H groups in total. The Hall–Kier alpha value is -3.02. The van der Waals surface area contributed by atoms with Crippen molar-refractivity contribution in [2.75, 3.05) is 0 Å². The number of aryl methyl sites for hydroxylation is 2. The first kappa shape index (κ1) is 16.8. The van der Waals surface area contributed by atoms with Crippen molar-refractivity contribution in [2.24, 2.45) is 0 Å². The van der Waals surface area contributed by atoms with Gasteiger partial charge in [-0.3, -0.25) is 14.5 Å². The summed E-state index contributed by atoms with van der Waals surface area (Å²) in [6, 6.07) is 15.9. The largest absolute Gasteiger partial charge is 0.348 e. The number of pyridine rings is 1. The Kier molecular flexibility index (Phi) is 5.51. The number of amides is 1. The Morgan fingerprint density at radius 2 is 1.96 bits per heavy atom. The van der Waals surface area contributed by atoms with Crippen LogP contribution in [0.15, 0.2) is 60.9 Å². The molecule has 0 bridgehead atoms. The lowest BCUT2D eigenvalue weighted by atomic mass is 10.1. The third-order valence-corrected chi connectivity index (χ3v) is 3.86. The van der Waals surface area contributed by atoms with E-state index in [1.165, 1.54) is 5.56 Å². The average Bonchev–Trinajstić information content (AvgIpc) is 3.11. The van der Waals surface area contributed by atoms with Crippen LogP contribution >= 0.6 is 0 Å². The number of hydrogen-bond acceptors (Lipinski definition) is 4. The van der Waals surface area contributed by atoms with Gasteiger partial charge >= 0.3 is 0 Å². The maximum Gasteiger partial charge on any atom is 0.273 e. The van der Waals surface area contributed by atoms with Crippen molar-refractivity contribution in [1.82, 2.24) is 25.3 Å². The van der Waals surface area contributed by atoms with Crippen molar-refractivity contribution < 1.29 is 4.79 Å². The maximum absolute atomic E-state index is 12.3. The van der Waals surface area contributed by atoms with Crippen LogP contribution in [-0.4, -0.2) is 31.9 Å². The number of hydrogen-bond donors (Lipinski definition) is 1. The van der Waals surface area contributed by atoms with Gasteiger partial charge in [0.15, 0.2) is 5.69 Å². The monoisotopic (exact) mass is 335 g/mol. The van der Waals surface area contributed by atoms with Crippen molar-refractivity contribution in [3.63, 3.8) is 0 Å². The number of carbonyl (C=O) groups excluding carboxylic acids is 1. The fourth-order valence-corrected chi connectivity index (χ4v) is 2.58. The molecule has 128 valence electrons. The topological polar surface area (TPSA) is 72.7 Å². The van der Waals surface area contributed by atoms with E-state index in [2.05, 4.69) is 32.7 Å². The highest BCUT2D eigenvalue weighted by Gasteiger charge is 2.14. The highest BCUT2D eigenvalue weighted by Crippen LogP contribution is 2.03. The van der Waals surface area contributed by atoms with Crippen LogP contribution in [0.1, 0.15) is 28.7 Å². The lowest BCUT2D eigenvalue weighted by Crippen LogP contribution is -2.34. The fourth-order valence-electron chi connectivity index (χ4n) is 2.58. The van der Waals surface area contributed by atoms with Gasteiger partial charge in [0.25, 0.3) is 5.91 Å². The minimum absolute atomic E-state index is 0.0307. The van der Waals surface area contributed by atoms with Crippen LogP contribution in [-0.2, 0) is 19.4 Å². The third-order valence-electron chi connectivity index (χ3n) is 3.86. The van der Waals surface area contributed by atoms with Gasteiger partial charge in [-0.2, -0.15) is 0 Å². The molecule has 0 fully saturated rings. The molecule has 0 radical (unpaired) electrons. The molecule has 0 aliphatic heterocycles. The molecule has 1 unspecified atom stereocenters. The molecule has 3 rings (SSSR count). The predicted molar refractivity (Wildman–Crippen MR) is 95.0 cm³/mol. The molecule has 0 aliphatic carbocycles. The number of benzene rings is 1. The van der Waals surface area contributed by atoms with Crippen molar-refractivity contribution in [2.45, 2.75) is 32.4 Å². The zero-order valence-electron chi connectivity index (χ0n) is 14.2. The normalized spacial score (nSPS) is 11.9. The van der Waals surface area contributed by atoms with Gasteiger partial charge in [0.2, 0.25) is 0 Å². The quantitative estimate of drug-likeness (QED) is 0.719. The van der Waals surface area contributed by atoms with E-state index < -0.39 is 0 Å². The van der Waals surface area contributed by atoms with E-state index >= 15 is 0 Å². The van der Waals surface area contributed by atoms with Gasteiger partial charge in [-0.05, 0) is 31.0 Å². The summed E-state index contributed by atoms with van der Waals surface area (Å²) in [4.78, 5) is 16.6. The number of carbonyl (C=O) groups is 1. The van der Waals surface area contributed by atoms with Gasteiger partial charge in [0.1, 0.15) is 0 Å². The number of rotatable bonds is 7. The van der Waals surface area contributed by atoms with Crippen LogP contribution in [0.4, 0.5) is 0 Å². The summed E-state index contributed by atoms with van der Waals surface area (Å²) in [5, 5.41) is 10.9. The summed E-state index contributed by atoms with van der Waals surface area (Å²) in [7, 11) is 0. The molecule has 25 heavy (non-hydrogen) atoms. The first-order chi connectivity index (χ1) is 12.2. The Labute approximate surface area is 146 Å². The van der Waals surface area contributed by atoms with Crippen molar-refractivity contribution in [3.8, 4) is 0 Å². The van der Waals surface area contributed by atoms with Gasteiger partial charge in [0.05, 0.1) is 6.20 Å². The van der Waals surface area contributed by atoms with Crippen molar-refractivity contribution >= 4 is 5.91 Å². The van der Waals surface area contributed by atoms with Gasteiger partial charge < -0.3 is 5.32 Å². The molecule has 2 heterocycles. The molecular weight excluding hydrogens is 314 g/mol. The Balaban J connectivity index is 1.51. The molecule has 6 heteroatoms. The van der Waals surface area contributed by atoms with Crippen LogP contribution < -0.4 is 5.32 Å². The van der Waals surface area contributed by atoms with Crippen LogP contribution in [0.5, 0.6) is 0 Å². The van der Waals surface area contributed by atoms with E-state index in [0.717, 1.165) is 12.1 Å². The summed E-state index contributed by atoms with van der Waals surface area (Å²) >= 11 is 0. The minimum Gasteiger partial charge on any atom is -0.348 e. The SMILES string of the molecule is CC(Cc1ccccn1)NC(=O)c1cn(CCc2ccccc2)nn1. The molecule has 1 amide bonds. The Morgan fingerprint density at radius 1 is 1.16 bits per heavy atom. The number of aromatic nitrogens is 4. The van der Waals surface area contributed by atoms with E-state index in [-0.39, 0.29) is 11.9 Å². The second-order valence-electron chi connectivity index (χ2n) is 6.00. The standard InChI is InChI=1S/C19H21N5O/c1-15(13-17-9-5-6-11-20-17)21-19(25)18-14-24(23-22-18)12-10-16-7-3-2-4-8-16/h2-9,11,14-15H,10,12-13H2,1H3,(H,21,25). The summed E-state index contributed by atoms with van der Waals surface area (Å²) in [6.07, 6.45) is 4.96. The van der Waals surface area contributed by atoms with Gasteiger partial charge in [-0.25, -0.2) is 0 Å². The smallest absolute Gasteiger partial charge is 0.273 e. The van der Waals surface area contributed by atoms with E-state index in [4.69, 9.17) is 0 Å². The molecule has 0 aliphatic rings. The third kappa shape index (κ3) is 4.97. The van der Waals surface area contributed by atoms with E-state index in [1.807, 2.05) is 43.3 Å². The zero-order chi connectivity index (χ0) is 17.5. The molecule has 1 aromatic carbocycles. The summed E-state index contributed by atoms with van der Waals surface area (Å²) in [6.45, 7) is 2.64. The average molecular weight is 335 g/mol. The predicted octanol–water partition coefficient (Wildman–Crippen LogP) is 2.28. The molecule has 0 spiro atoms. The van der Waals surface area contributed by atoms with Gasteiger partial charge in [-0.1, -0.05) is 41.6 Å². The van der Waals surface area contributed by atoms with E-state index in [1.54, 1.807) is 17.1 Å². The molecule has 1 atom stereocenters. The van der Waals surface area contributed by atoms with Crippen molar-refractivity contribution in [1.29, 1.82) is 0 Å². The first-order valence-corrected chi connectivity index (χ1v) is 8.35. The summed E-state index contributed by atoms with van der Waals surface area (Å²) in [5.41, 5.74) is 2.51. The number of nitrogens with one attached hydrogen (secondary N) is 1. The van der Waals surface area contributed by atoms with E-state index in [0.29, 0.717) is 18.7 Å². The second-order valence-corrected chi connectivity index (χ2v) is 6.00. The minimum atomic E-state index is -0.214. The molecule has 2 aromatic heterocycles. The van der Waals surface area contributed by atoms with Crippen molar-refractivity contribution in [3.05, 3.63) is 77.9 Å². The second kappa shape index (κ2) is 8.19. The Bertz CT molecular complexity index is 801. The maximum atomic E-state index is 12.3. The van der Waals surface area contributed by atoms with Crippen LogP contribution in [0.25, 0.3) is 0 Å². The summed E-state index contributed by atoms with van der Waals surface area (Å²) < 4.78 is 1.70. The van der Waals surface area contributed by atoms with Crippen LogP contribution in [0, 0.1) is 0 Å². The molecule has 0 saturated carbocycles. The summed E-state index contributed by atoms with van der Waals surface area (Å²) in [5.74, 6) is -0.214. The Morgan fingerprint density at radius 3 is 2.72 bits per heavy atom. The molecule has 3 aromatic rings. The highest BCUT2D eigenvalue weighted by atomic mass is 16.2. The van der Waals surface area contributed by atoms with Gasteiger partial charge in [0, 0.05) is 30.9 Å². The molecule has 0 saturated heterocycles. The first-order valence-electron chi connectivity index (χ1n) is 8.35. The molecule has 6 nitrogen and oxygen atoms in total. The lowest BCUT2D eigenvalue weighted by molar-refractivity contribution is 0.0935. The fraction of sp³-hybridized carbons (Fsp3) is 0.263. The molecular formula is C19H21N5O. The lowest BCUT2D eigenvalue weighted by Gasteiger charge is -2.12. The van der Waals surface area contributed by atoms with Crippen LogP contribution in [0.2, 0.25) is 0 Å². The van der Waals surface area contributed by atoms with E-state index in [9.17, 15) is 4.79 Å². The van der Waals surface area contributed by atoms with Crippen LogP contribution in [0.3, 0.4) is 0 Å². The zero-order valence-corrected chi connectivity index (χ0v) is 14.2.